The number of carboxylic acids is 6. The van der Waals surface area contributed by atoms with Gasteiger partial charge in [-0.2, -0.15) is 0 Å². The van der Waals surface area contributed by atoms with Gasteiger partial charge in [-0.15, -0.1) is 0 Å². The second-order valence-electron chi connectivity index (χ2n) is 8.16. The molecule has 0 spiro atoms. The van der Waals surface area contributed by atoms with Gasteiger partial charge in [-0.3, -0.25) is 14.7 Å². The molecule has 0 fully saturated rings. The smallest absolute Gasteiger partial charge is 0.339 e. The summed E-state index contributed by atoms with van der Waals surface area (Å²) in [5, 5.41) is 74.6. The van der Waals surface area contributed by atoms with Crippen LogP contribution in [0.25, 0.3) is 0 Å². The van der Waals surface area contributed by atoms with E-state index < -0.39 is 99.0 Å². The molecule has 17 heteroatoms. The van der Waals surface area contributed by atoms with Crippen LogP contribution in [0.15, 0.2) is 18.2 Å². The van der Waals surface area contributed by atoms with Crippen LogP contribution in [0.5, 0.6) is 11.5 Å². The van der Waals surface area contributed by atoms with E-state index in [2.05, 4.69) is 0 Å². The Kier molecular flexibility index (Phi) is 13.1. The molecule has 1 aromatic carbocycles. The maximum atomic E-state index is 11.5. The molecule has 0 radical (unpaired) electrons. The van der Waals surface area contributed by atoms with Crippen LogP contribution in [0.3, 0.4) is 0 Å². The van der Waals surface area contributed by atoms with Gasteiger partial charge in [0.2, 0.25) is 0 Å². The van der Waals surface area contributed by atoms with E-state index in [0.29, 0.717) is 0 Å². The number of carbonyl (C=O) groups is 6. The molecule has 0 bridgehead atoms. The number of aromatic hydroxyl groups is 1. The van der Waals surface area contributed by atoms with Gasteiger partial charge in [0.05, 0.1) is 35.9 Å². The third-order valence-corrected chi connectivity index (χ3v) is 5.07. The largest absolute Gasteiger partial charge is 0.549 e. The maximum absolute atomic E-state index is 11.5. The predicted octanol–water partition coefficient (Wildman–Crippen LogP) is -8.51. The number of aromatic carboxylic acids is 1. The number of hydrogen-bond acceptors (Lipinski definition) is 16. The molecule has 216 valence electrons. The first-order valence-corrected chi connectivity index (χ1v) is 11.0. The van der Waals surface area contributed by atoms with Crippen LogP contribution in [0.4, 0.5) is 0 Å². The summed E-state index contributed by atoms with van der Waals surface area (Å²) < 4.78 is 5.46. The van der Waals surface area contributed by atoms with E-state index in [0.717, 1.165) is 32.9 Å². The van der Waals surface area contributed by atoms with Crippen molar-refractivity contribution in [2.24, 2.45) is 0 Å². The monoisotopic (exact) mass is 554 g/mol. The quantitative estimate of drug-likeness (QED) is 0.151. The first kappa shape index (κ1) is 32.5. The number of carboxylic acid groups (broad SMARTS) is 6. The predicted molar refractivity (Wildman–Crippen MR) is 114 cm³/mol. The fourth-order valence-electron chi connectivity index (χ4n) is 3.49. The van der Waals surface area contributed by atoms with Gasteiger partial charge in [-0.25, -0.2) is 4.79 Å². The number of phenolic OH excluding ortho intramolecular Hbond substituents is 1. The molecule has 39 heavy (non-hydrogen) atoms. The van der Waals surface area contributed by atoms with E-state index in [1.807, 2.05) is 0 Å². The van der Waals surface area contributed by atoms with Gasteiger partial charge < -0.3 is 64.5 Å². The molecule has 0 aliphatic carbocycles. The highest BCUT2D eigenvalue weighted by Gasteiger charge is 2.25. The number of hydrogen-bond donors (Lipinski definition) is 2. The summed E-state index contributed by atoms with van der Waals surface area (Å²) in [4.78, 5) is 69.9. The number of aliphatic carboxylic acids is 5. The molecule has 1 atom stereocenters. The normalized spacial score (nSPS) is 11.9. The Hall–Kier alpha value is -4.48. The van der Waals surface area contributed by atoms with Crippen molar-refractivity contribution in [3.63, 3.8) is 0 Å². The van der Waals surface area contributed by atoms with E-state index >= 15 is 0 Å². The molecule has 0 heterocycles. The summed E-state index contributed by atoms with van der Waals surface area (Å²) in [7, 11) is 0. The van der Waals surface area contributed by atoms with Gasteiger partial charge in [0.15, 0.2) is 0 Å². The van der Waals surface area contributed by atoms with Crippen LogP contribution < -0.4 is 30.3 Å². The van der Waals surface area contributed by atoms with Gasteiger partial charge >= 0.3 is 5.97 Å². The van der Waals surface area contributed by atoms with Gasteiger partial charge in [-0.1, -0.05) is 0 Å². The van der Waals surface area contributed by atoms with Crippen molar-refractivity contribution < 1.29 is 69.2 Å². The number of benzene rings is 1. The zero-order chi connectivity index (χ0) is 29.7. The Bertz CT molecular complexity index is 1030. The van der Waals surface area contributed by atoms with Crippen LogP contribution in [0.1, 0.15) is 10.4 Å². The zero-order valence-electron chi connectivity index (χ0n) is 20.3. The van der Waals surface area contributed by atoms with E-state index in [4.69, 9.17) is 4.74 Å². The van der Waals surface area contributed by atoms with Crippen molar-refractivity contribution >= 4 is 35.8 Å². The highest BCUT2D eigenvalue weighted by atomic mass is 16.5. The highest BCUT2D eigenvalue weighted by molar-refractivity contribution is 5.91. The molecule has 1 aromatic rings. The molecule has 0 aromatic heterocycles. The third kappa shape index (κ3) is 13.0. The van der Waals surface area contributed by atoms with Gasteiger partial charge in [-0.05, 0) is 18.2 Å². The van der Waals surface area contributed by atoms with Crippen LogP contribution in [0.2, 0.25) is 0 Å². The van der Waals surface area contributed by atoms with Crippen molar-refractivity contribution in [1.29, 1.82) is 0 Å². The summed E-state index contributed by atoms with van der Waals surface area (Å²) in [5.41, 5.74) is -0.494. The standard InChI is InChI=1S/C22H29N3O14/c26-14-1-2-16(15(5-14)22(37)38)39-12-13(25(10-20(33)34)11-21(35)36)6-23(7-17(27)28)3-4-24(8-18(29)30)9-19(31)32/h1-2,5,13,26H,3-4,6-12H2,(H,27,28)(H,29,30)(H,31,32)(H,33,34)(H,35,36)(H,37,38)/p-5. The lowest BCUT2D eigenvalue weighted by Crippen LogP contribution is -2.56. The Labute approximate surface area is 220 Å². The minimum atomic E-state index is -1.72. The zero-order valence-corrected chi connectivity index (χ0v) is 20.3. The van der Waals surface area contributed by atoms with Crippen LogP contribution >= 0.6 is 0 Å². The number of phenols is 1. The molecule has 17 nitrogen and oxygen atoms in total. The van der Waals surface area contributed by atoms with E-state index in [1.165, 1.54) is 0 Å². The fraction of sp³-hybridized carbons (Fsp3) is 0.455. The van der Waals surface area contributed by atoms with E-state index in [1.54, 1.807) is 0 Å². The lowest BCUT2D eigenvalue weighted by molar-refractivity contribution is -0.313. The molecule has 0 aliphatic heterocycles. The summed E-state index contributed by atoms with van der Waals surface area (Å²) in [6.07, 6.45) is 0. The molecular formula is C22H24N3O14-5. The first-order chi connectivity index (χ1) is 18.2. The van der Waals surface area contributed by atoms with Crippen LogP contribution in [0, 0.1) is 0 Å². The minimum absolute atomic E-state index is 0.298. The first-order valence-electron chi connectivity index (χ1n) is 11.0. The summed E-state index contributed by atoms with van der Waals surface area (Å²) >= 11 is 0. The summed E-state index contributed by atoms with van der Waals surface area (Å²) in [6, 6.07) is 1.74. The SMILES string of the molecule is O=C([O-])CN(CCN(CC(=O)[O-])CC(COc1ccc(O)cc1C(=O)O)N(CC(=O)[O-])CC(=O)[O-])CC(=O)[O-]. The number of carbonyl (C=O) groups excluding carboxylic acids is 5. The molecule has 0 amide bonds. The van der Waals surface area contributed by atoms with E-state index in [9.17, 15) is 64.5 Å². The summed E-state index contributed by atoms with van der Waals surface area (Å²) in [6.45, 7) is -6.31. The average Bonchev–Trinajstić information content (AvgIpc) is 2.78. The molecule has 1 unspecified atom stereocenters. The second kappa shape index (κ2) is 15.7. The Morgan fingerprint density at radius 2 is 1.21 bits per heavy atom. The van der Waals surface area contributed by atoms with Crippen molar-refractivity contribution in [3.8, 4) is 11.5 Å². The number of rotatable bonds is 20. The molecule has 0 aliphatic rings. The lowest BCUT2D eigenvalue weighted by atomic mass is 10.2. The molecule has 0 saturated carbocycles. The van der Waals surface area contributed by atoms with Gasteiger partial charge in [0, 0.05) is 52.4 Å². The Balaban J connectivity index is 3.28. The molecule has 2 N–H and O–H groups in total. The molecular weight excluding hydrogens is 530 g/mol. The highest BCUT2D eigenvalue weighted by Crippen LogP contribution is 2.24. The van der Waals surface area contributed by atoms with E-state index in [-0.39, 0.29) is 18.8 Å². The minimum Gasteiger partial charge on any atom is -0.549 e. The van der Waals surface area contributed by atoms with Crippen LogP contribution in [-0.2, 0) is 24.0 Å². The number of nitrogens with zero attached hydrogens (tertiary/aromatic N) is 3. The number of ether oxygens (including phenoxy) is 1. The Morgan fingerprint density at radius 3 is 1.67 bits per heavy atom. The van der Waals surface area contributed by atoms with Gasteiger partial charge in [0.25, 0.3) is 0 Å². The van der Waals surface area contributed by atoms with Crippen molar-refractivity contribution in [2.45, 2.75) is 6.04 Å². The molecule has 0 saturated heterocycles. The van der Waals surface area contributed by atoms with Gasteiger partial charge in [0.1, 0.15) is 23.7 Å². The Morgan fingerprint density at radius 1 is 0.744 bits per heavy atom. The maximum Gasteiger partial charge on any atom is 0.339 e. The van der Waals surface area contributed by atoms with Crippen molar-refractivity contribution in [2.75, 3.05) is 59.0 Å². The third-order valence-electron chi connectivity index (χ3n) is 5.07. The molecule has 1 rings (SSSR count). The fourth-order valence-corrected chi connectivity index (χ4v) is 3.49. The second-order valence-corrected chi connectivity index (χ2v) is 8.16. The average molecular weight is 554 g/mol. The van der Waals surface area contributed by atoms with Crippen molar-refractivity contribution in [1.82, 2.24) is 14.7 Å². The van der Waals surface area contributed by atoms with Crippen LogP contribution in [-0.4, -0.2) is 126 Å². The van der Waals surface area contributed by atoms with Crippen molar-refractivity contribution in [3.05, 3.63) is 23.8 Å². The lowest BCUT2D eigenvalue weighted by Gasteiger charge is -2.37. The topological polar surface area (TPSA) is 277 Å². The summed E-state index contributed by atoms with van der Waals surface area (Å²) in [5.74, 6) is -10.6.